The summed E-state index contributed by atoms with van der Waals surface area (Å²) in [7, 11) is -0.564. The molecule has 98 valence electrons. The predicted molar refractivity (Wildman–Crippen MR) is 66.4 cm³/mol. The van der Waals surface area contributed by atoms with Crippen LogP contribution in [0.1, 0.15) is 5.69 Å². The average Bonchev–Trinajstić information content (AvgIpc) is 2.70. The molecule has 0 aliphatic rings. The monoisotopic (exact) mass is 270 g/mol. The van der Waals surface area contributed by atoms with Gasteiger partial charge >= 0.3 is 0 Å². The molecule has 2 heterocycles. The van der Waals surface area contributed by atoms with Crippen molar-refractivity contribution in [2.75, 3.05) is 10.5 Å². The third-order valence-electron chi connectivity index (χ3n) is 2.40. The molecule has 0 fully saturated rings. The zero-order valence-corrected chi connectivity index (χ0v) is 11.1. The molecule has 0 unspecified atom stereocenters. The largest absolute Gasteiger partial charge is 0.381 e. The number of rotatable bonds is 3. The molecule has 8 nitrogen and oxygen atoms in total. The molecule has 0 radical (unpaired) electrons. The second kappa shape index (κ2) is 4.02. The summed E-state index contributed by atoms with van der Waals surface area (Å²) >= 11 is 0. The number of nitrogens with one attached hydrogen (secondary N) is 1. The van der Waals surface area contributed by atoms with E-state index in [1.54, 1.807) is 27.1 Å². The first-order valence-electron chi connectivity index (χ1n) is 5.11. The van der Waals surface area contributed by atoms with Gasteiger partial charge in [-0.1, -0.05) is 0 Å². The van der Waals surface area contributed by atoms with Crippen LogP contribution in [-0.4, -0.2) is 27.7 Å². The Hall–Kier alpha value is -2.03. The van der Waals surface area contributed by atoms with E-state index in [0.29, 0.717) is 11.5 Å². The first-order valence-corrected chi connectivity index (χ1v) is 6.60. The number of imidazole rings is 1. The number of nitrogens with zero attached hydrogens (tertiary/aromatic N) is 4. The van der Waals surface area contributed by atoms with Crippen molar-refractivity contribution >= 4 is 21.7 Å². The molecule has 0 saturated heterocycles. The molecule has 0 aromatic carbocycles. The van der Waals surface area contributed by atoms with Gasteiger partial charge in [0, 0.05) is 20.2 Å². The van der Waals surface area contributed by atoms with E-state index in [4.69, 9.17) is 5.73 Å². The van der Waals surface area contributed by atoms with Gasteiger partial charge in [0.1, 0.15) is 5.82 Å². The molecule has 2 aromatic heterocycles. The highest BCUT2D eigenvalue weighted by Gasteiger charge is 2.23. The molecule has 0 bridgehead atoms. The molecule has 9 heteroatoms. The van der Waals surface area contributed by atoms with Gasteiger partial charge in [0.2, 0.25) is 0 Å². The van der Waals surface area contributed by atoms with E-state index >= 15 is 0 Å². The summed E-state index contributed by atoms with van der Waals surface area (Å²) in [4.78, 5) is 3.75. The van der Waals surface area contributed by atoms with Gasteiger partial charge in [-0.05, 0) is 6.92 Å². The fraction of sp³-hybridized carbons (Fsp3) is 0.333. The van der Waals surface area contributed by atoms with Gasteiger partial charge in [0.05, 0.1) is 12.0 Å². The Balaban J connectivity index is 2.42. The summed E-state index contributed by atoms with van der Waals surface area (Å²) in [5.74, 6) is 0.331. The van der Waals surface area contributed by atoms with Gasteiger partial charge in [-0.3, -0.25) is 9.40 Å². The van der Waals surface area contributed by atoms with Crippen molar-refractivity contribution in [1.29, 1.82) is 0 Å². The zero-order valence-electron chi connectivity index (χ0n) is 10.2. The lowest BCUT2D eigenvalue weighted by Crippen LogP contribution is -2.19. The SMILES string of the molecule is Cc1cc(NS(=O)(=O)c2c(N)ncn2C)n(C)n1. The predicted octanol–water partition coefficient (Wildman–Crippen LogP) is -0.155. The van der Waals surface area contributed by atoms with Gasteiger partial charge in [-0.25, -0.2) is 4.98 Å². The van der Waals surface area contributed by atoms with Crippen LogP contribution in [0, 0.1) is 6.92 Å². The van der Waals surface area contributed by atoms with Crippen molar-refractivity contribution in [2.24, 2.45) is 14.1 Å². The maximum atomic E-state index is 12.2. The normalized spacial score (nSPS) is 11.7. The topological polar surface area (TPSA) is 108 Å². The second-order valence-electron chi connectivity index (χ2n) is 3.95. The Kier molecular flexibility index (Phi) is 2.77. The maximum absolute atomic E-state index is 12.2. The Labute approximate surface area is 104 Å². The summed E-state index contributed by atoms with van der Waals surface area (Å²) in [5.41, 5.74) is 6.27. The molecular formula is C9H14N6O2S. The van der Waals surface area contributed by atoms with Gasteiger partial charge in [0.15, 0.2) is 10.8 Å². The van der Waals surface area contributed by atoms with E-state index < -0.39 is 10.0 Å². The minimum absolute atomic E-state index is 0.0381. The Morgan fingerprint density at radius 1 is 1.39 bits per heavy atom. The number of hydrogen-bond donors (Lipinski definition) is 2. The number of nitrogen functional groups attached to an aromatic ring is 1. The molecule has 2 rings (SSSR count). The number of aryl methyl sites for hydroxylation is 3. The molecular weight excluding hydrogens is 256 g/mol. The molecule has 0 saturated carbocycles. The standard InChI is InChI=1S/C9H14N6O2S/c1-6-4-7(15(3)12-6)13-18(16,17)9-8(10)11-5-14(9)2/h4-5,13H,10H2,1-3H3. The summed E-state index contributed by atoms with van der Waals surface area (Å²) in [6, 6.07) is 1.63. The lowest BCUT2D eigenvalue weighted by molar-refractivity contribution is 0.591. The Morgan fingerprint density at radius 2 is 2.06 bits per heavy atom. The molecule has 0 aliphatic carbocycles. The van der Waals surface area contributed by atoms with Crippen LogP contribution in [0.15, 0.2) is 17.4 Å². The molecule has 3 N–H and O–H groups in total. The van der Waals surface area contributed by atoms with Crippen LogP contribution in [0.4, 0.5) is 11.6 Å². The van der Waals surface area contributed by atoms with Crippen molar-refractivity contribution < 1.29 is 8.42 Å². The molecule has 18 heavy (non-hydrogen) atoms. The Morgan fingerprint density at radius 3 is 2.50 bits per heavy atom. The van der Waals surface area contributed by atoms with E-state index in [1.165, 1.54) is 15.6 Å². The minimum Gasteiger partial charge on any atom is -0.381 e. The summed E-state index contributed by atoms with van der Waals surface area (Å²) in [6.07, 6.45) is 1.35. The number of sulfonamides is 1. The fourth-order valence-corrected chi connectivity index (χ4v) is 2.97. The minimum atomic E-state index is -3.78. The van der Waals surface area contributed by atoms with Crippen LogP contribution >= 0.6 is 0 Å². The van der Waals surface area contributed by atoms with Crippen LogP contribution in [0.2, 0.25) is 0 Å². The van der Waals surface area contributed by atoms with E-state index in [1.807, 2.05) is 0 Å². The summed E-state index contributed by atoms with van der Waals surface area (Å²) in [6.45, 7) is 1.77. The first kappa shape index (κ1) is 12.4. The first-order chi connectivity index (χ1) is 8.31. The average molecular weight is 270 g/mol. The summed E-state index contributed by atoms with van der Waals surface area (Å²) < 4.78 is 29.6. The van der Waals surface area contributed by atoms with Gasteiger partial charge in [-0.15, -0.1) is 0 Å². The van der Waals surface area contributed by atoms with Crippen molar-refractivity contribution in [3.05, 3.63) is 18.1 Å². The molecule has 0 amide bonds. The van der Waals surface area contributed by atoms with E-state index in [2.05, 4.69) is 14.8 Å². The van der Waals surface area contributed by atoms with Crippen LogP contribution in [0.25, 0.3) is 0 Å². The third kappa shape index (κ3) is 2.04. The van der Waals surface area contributed by atoms with Gasteiger partial charge in [0.25, 0.3) is 10.0 Å². The van der Waals surface area contributed by atoms with E-state index in [9.17, 15) is 8.42 Å². The highest BCUT2D eigenvalue weighted by Crippen LogP contribution is 2.19. The van der Waals surface area contributed by atoms with Crippen LogP contribution in [0.5, 0.6) is 0 Å². The lowest BCUT2D eigenvalue weighted by atomic mass is 10.5. The van der Waals surface area contributed by atoms with E-state index in [-0.39, 0.29) is 10.8 Å². The van der Waals surface area contributed by atoms with Crippen molar-refractivity contribution in [2.45, 2.75) is 11.9 Å². The molecule has 0 atom stereocenters. The number of hydrogen-bond acceptors (Lipinski definition) is 5. The second-order valence-corrected chi connectivity index (χ2v) is 5.54. The Bertz CT molecular complexity index is 664. The lowest BCUT2D eigenvalue weighted by Gasteiger charge is -2.08. The molecule has 0 spiro atoms. The highest BCUT2D eigenvalue weighted by molar-refractivity contribution is 7.92. The summed E-state index contributed by atoms with van der Waals surface area (Å²) in [5, 5.41) is 3.99. The van der Waals surface area contributed by atoms with Crippen molar-refractivity contribution in [3.8, 4) is 0 Å². The van der Waals surface area contributed by atoms with Gasteiger partial charge < -0.3 is 10.3 Å². The number of aromatic nitrogens is 4. The van der Waals surface area contributed by atoms with E-state index in [0.717, 1.165) is 0 Å². The van der Waals surface area contributed by atoms with Crippen LogP contribution in [0.3, 0.4) is 0 Å². The third-order valence-corrected chi connectivity index (χ3v) is 3.89. The zero-order chi connectivity index (χ0) is 13.5. The van der Waals surface area contributed by atoms with Gasteiger partial charge in [-0.2, -0.15) is 13.5 Å². The molecule has 2 aromatic rings. The van der Waals surface area contributed by atoms with Crippen molar-refractivity contribution in [3.63, 3.8) is 0 Å². The van der Waals surface area contributed by atoms with Crippen LogP contribution in [-0.2, 0) is 24.1 Å². The quantitative estimate of drug-likeness (QED) is 0.806. The van der Waals surface area contributed by atoms with Crippen molar-refractivity contribution in [1.82, 2.24) is 19.3 Å². The maximum Gasteiger partial charge on any atom is 0.282 e. The number of anilines is 2. The highest BCUT2D eigenvalue weighted by atomic mass is 32.2. The molecule has 0 aliphatic heterocycles. The number of nitrogens with two attached hydrogens (primary N) is 1. The van der Waals surface area contributed by atoms with Crippen LogP contribution < -0.4 is 10.5 Å². The fourth-order valence-electron chi connectivity index (χ4n) is 1.66. The smallest absolute Gasteiger partial charge is 0.282 e.